The summed E-state index contributed by atoms with van der Waals surface area (Å²) in [6, 6.07) is 22.2. The van der Waals surface area contributed by atoms with Crippen LogP contribution in [0.5, 0.6) is 11.5 Å². The van der Waals surface area contributed by atoms with Crippen LogP contribution in [0, 0.1) is 0 Å². The van der Waals surface area contributed by atoms with Crippen LogP contribution in [0.4, 0.5) is 0 Å². The maximum Gasteiger partial charge on any atom is 0.123 e. The van der Waals surface area contributed by atoms with Crippen molar-refractivity contribution in [2.24, 2.45) is 0 Å². The van der Waals surface area contributed by atoms with Gasteiger partial charge in [0.2, 0.25) is 0 Å². The molecular weight excluding hydrogens is 524 g/mol. The van der Waals surface area contributed by atoms with Crippen molar-refractivity contribution in [2.75, 3.05) is 0 Å². The molecule has 4 aromatic carbocycles. The van der Waals surface area contributed by atoms with Crippen LogP contribution in [0.15, 0.2) is 60.7 Å². The number of phenolic OH excluding ortho intramolecular Hbond substituents is 2. The molecule has 0 amide bonds. The van der Waals surface area contributed by atoms with E-state index in [-0.39, 0.29) is 21.7 Å². The van der Waals surface area contributed by atoms with Gasteiger partial charge in [0.1, 0.15) is 11.5 Å². The zero-order valence-electron chi connectivity index (χ0n) is 28.4. The normalized spacial score (nSPS) is 13.7. The number of fused-ring (bicyclic) bond motifs is 3. The number of hydrogen-bond donors (Lipinski definition) is 2. The van der Waals surface area contributed by atoms with Gasteiger partial charge in [0.15, 0.2) is 0 Å². The van der Waals surface area contributed by atoms with Crippen molar-refractivity contribution in [3.8, 4) is 44.9 Å². The van der Waals surface area contributed by atoms with E-state index in [0.717, 1.165) is 45.4 Å². The first-order chi connectivity index (χ1) is 19.7. The highest BCUT2D eigenvalue weighted by Crippen LogP contribution is 2.51. The van der Waals surface area contributed by atoms with E-state index in [1.165, 1.54) is 27.8 Å². The Morgan fingerprint density at radius 1 is 0.465 bits per heavy atom. The highest BCUT2D eigenvalue weighted by atomic mass is 16.3. The third-order valence-electron chi connectivity index (χ3n) is 9.04. The van der Waals surface area contributed by atoms with Crippen molar-refractivity contribution in [3.05, 3.63) is 94.0 Å². The molecule has 0 atom stereocenters. The van der Waals surface area contributed by atoms with Crippen molar-refractivity contribution < 1.29 is 10.2 Å². The van der Waals surface area contributed by atoms with E-state index >= 15 is 0 Å². The van der Waals surface area contributed by atoms with Crippen molar-refractivity contribution in [3.63, 3.8) is 0 Å². The molecule has 0 radical (unpaired) electrons. The Bertz CT molecular complexity index is 1650. The molecule has 43 heavy (non-hydrogen) atoms. The van der Waals surface area contributed by atoms with E-state index in [1.54, 1.807) is 0 Å². The summed E-state index contributed by atoms with van der Waals surface area (Å²) in [6.07, 6.45) is 0.863. The topological polar surface area (TPSA) is 40.5 Å². The molecule has 1 aliphatic rings. The smallest absolute Gasteiger partial charge is 0.123 e. The third kappa shape index (κ3) is 5.50. The Hall–Kier alpha value is -3.52. The molecule has 0 bridgehead atoms. The number of benzene rings is 4. The zero-order chi connectivity index (χ0) is 31.9. The minimum atomic E-state index is -0.238. The van der Waals surface area contributed by atoms with Crippen LogP contribution in [-0.4, -0.2) is 10.2 Å². The molecule has 2 nitrogen and oxygen atoms in total. The maximum absolute atomic E-state index is 11.6. The van der Waals surface area contributed by atoms with E-state index < -0.39 is 0 Å². The summed E-state index contributed by atoms with van der Waals surface area (Å²) in [5.41, 5.74) is 12.8. The van der Waals surface area contributed by atoms with Crippen molar-refractivity contribution in [2.45, 2.75) is 111 Å². The van der Waals surface area contributed by atoms with Gasteiger partial charge in [0, 0.05) is 22.3 Å². The SMILES string of the molecule is CC(C)(C)c1cc(-c2ccc3c(c2-c2cc(C(C)(C)C)c(O)c(C(C)(C)C)c2)Cc2ccccc2-3)cc(C(C)(C)C)c1O. The summed E-state index contributed by atoms with van der Waals surface area (Å²) in [5.74, 6) is 0.796. The van der Waals surface area contributed by atoms with E-state index in [9.17, 15) is 10.2 Å². The molecule has 0 spiro atoms. The first kappa shape index (κ1) is 30.9. The Morgan fingerprint density at radius 3 is 1.30 bits per heavy atom. The summed E-state index contributed by atoms with van der Waals surface area (Å²) in [6.45, 7) is 26.1. The van der Waals surface area contributed by atoms with Gasteiger partial charge >= 0.3 is 0 Å². The molecule has 0 aromatic heterocycles. The average molecular weight is 575 g/mol. The molecule has 4 aromatic rings. The van der Waals surface area contributed by atoms with Crippen LogP contribution < -0.4 is 0 Å². The second-order valence-corrected chi connectivity index (χ2v) is 16.7. The number of phenols is 2. The van der Waals surface area contributed by atoms with Crippen molar-refractivity contribution in [1.82, 2.24) is 0 Å². The quantitative estimate of drug-likeness (QED) is 0.220. The minimum absolute atomic E-state index is 0.232. The monoisotopic (exact) mass is 574 g/mol. The summed E-state index contributed by atoms with van der Waals surface area (Å²) in [7, 11) is 0. The summed E-state index contributed by atoms with van der Waals surface area (Å²) in [4.78, 5) is 0. The molecule has 2 N–H and O–H groups in total. The fraction of sp³-hybridized carbons (Fsp3) is 0.415. The lowest BCUT2D eigenvalue weighted by molar-refractivity contribution is 0.422. The predicted molar refractivity (Wildman–Crippen MR) is 184 cm³/mol. The first-order valence-corrected chi connectivity index (χ1v) is 15.7. The molecular formula is C41H50O2. The van der Waals surface area contributed by atoms with Gasteiger partial charge < -0.3 is 10.2 Å². The van der Waals surface area contributed by atoms with Crippen LogP contribution in [0.2, 0.25) is 0 Å². The van der Waals surface area contributed by atoms with E-state index in [0.29, 0.717) is 11.5 Å². The van der Waals surface area contributed by atoms with Crippen molar-refractivity contribution in [1.29, 1.82) is 0 Å². The van der Waals surface area contributed by atoms with Crippen LogP contribution in [0.1, 0.15) is 116 Å². The fourth-order valence-electron chi connectivity index (χ4n) is 6.64. The Labute approximate surface area is 259 Å². The number of rotatable bonds is 2. The lowest BCUT2D eigenvalue weighted by Crippen LogP contribution is -2.18. The van der Waals surface area contributed by atoms with Gasteiger partial charge in [0.25, 0.3) is 0 Å². The molecule has 2 heteroatoms. The summed E-state index contributed by atoms with van der Waals surface area (Å²) in [5, 5.41) is 23.2. The zero-order valence-corrected chi connectivity index (χ0v) is 28.4. The predicted octanol–water partition coefficient (Wildman–Crippen LogP) is 11.2. The van der Waals surface area contributed by atoms with E-state index in [2.05, 4.69) is 144 Å². The molecule has 0 saturated heterocycles. The summed E-state index contributed by atoms with van der Waals surface area (Å²) < 4.78 is 0. The minimum Gasteiger partial charge on any atom is -0.507 e. The molecule has 0 saturated carbocycles. The second kappa shape index (κ2) is 10.0. The van der Waals surface area contributed by atoms with Gasteiger partial charge in [0.05, 0.1) is 0 Å². The van der Waals surface area contributed by atoms with Gasteiger partial charge in [-0.05, 0) is 96.9 Å². The van der Waals surface area contributed by atoms with Gasteiger partial charge in [-0.3, -0.25) is 0 Å². The Balaban J connectivity index is 1.94. The molecule has 226 valence electrons. The summed E-state index contributed by atoms with van der Waals surface area (Å²) >= 11 is 0. The number of hydrogen-bond acceptors (Lipinski definition) is 2. The highest BCUT2D eigenvalue weighted by Gasteiger charge is 2.32. The molecule has 0 aliphatic heterocycles. The Morgan fingerprint density at radius 2 is 0.860 bits per heavy atom. The molecule has 5 rings (SSSR count). The fourth-order valence-corrected chi connectivity index (χ4v) is 6.64. The van der Waals surface area contributed by atoms with Gasteiger partial charge in [-0.2, -0.15) is 0 Å². The maximum atomic E-state index is 11.6. The van der Waals surface area contributed by atoms with Crippen molar-refractivity contribution >= 4 is 0 Å². The first-order valence-electron chi connectivity index (χ1n) is 15.7. The van der Waals surface area contributed by atoms with E-state index in [1.807, 2.05) is 0 Å². The van der Waals surface area contributed by atoms with Gasteiger partial charge in [-0.15, -0.1) is 0 Å². The molecule has 0 unspecified atom stereocenters. The molecule has 0 fully saturated rings. The van der Waals surface area contributed by atoms with E-state index in [4.69, 9.17) is 0 Å². The molecule has 1 aliphatic carbocycles. The third-order valence-corrected chi connectivity index (χ3v) is 9.04. The largest absolute Gasteiger partial charge is 0.507 e. The van der Waals surface area contributed by atoms with Gasteiger partial charge in [-0.1, -0.05) is 119 Å². The molecule has 0 heterocycles. The lowest BCUT2D eigenvalue weighted by atomic mass is 9.75. The number of aromatic hydroxyl groups is 2. The highest BCUT2D eigenvalue weighted by molar-refractivity contribution is 5.94. The average Bonchev–Trinajstić information content (AvgIpc) is 3.24. The van der Waals surface area contributed by atoms with Crippen LogP contribution >= 0.6 is 0 Å². The van der Waals surface area contributed by atoms with Crippen LogP contribution in [-0.2, 0) is 28.1 Å². The van der Waals surface area contributed by atoms with Gasteiger partial charge in [-0.25, -0.2) is 0 Å². The standard InChI is InChI=1S/C41H50O2/c1-38(2,3)31-20-25(21-32(36(31)42)39(4,5)6)28-17-18-29-27-16-14-13-15-24(27)19-30(29)35(28)26-22-33(40(7,8)9)37(43)34(23-26)41(10,11)12/h13-18,20-23,42-43H,19H2,1-12H3. The van der Waals surface area contributed by atoms with Crippen LogP contribution in [0.3, 0.4) is 0 Å². The second-order valence-electron chi connectivity index (χ2n) is 16.7. The van der Waals surface area contributed by atoms with Crippen LogP contribution in [0.25, 0.3) is 33.4 Å². The lowest BCUT2D eigenvalue weighted by Gasteiger charge is -2.30. The Kier molecular flexibility index (Phi) is 7.20.